The third-order valence-electron chi connectivity index (χ3n) is 13.0. The number of ketones is 2. The van der Waals surface area contributed by atoms with Gasteiger partial charge in [0.25, 0.3) is 0 Å². The van der Waals surface area contributed by atoms with Gasteiger partial charge in [0.05, 0.1) is 19.1 Å². The van der Waals surface area contributed by atoms with E-state index < -0.39 is 32.9 Å². The predicted molar refractivity (Wildman–Crippen MR) is 155 cm³/mol. The molecule has 0 unspecified atom stereocenters. The van der Waals surface area contributed by atoms with Crippen LogP contribution in [0.1, 0.15) is 86.5 Å². The molecule has 0 spiro atoms. The van der Waals surface area contributed by atoms with Crippen molar-refractivity contribution in [2.24, 2.45) is 50.2 Å². The number of carbonyl (C=O) groups is 4. The molecular weight excluding hydrogens is 516 g/mol. The number of fused-ring (bicyclic) bond motifs is 7. The molecule has 0 aromatic heterocycles. The summed E-state index contributed by atoms with van der Waals surface area (Å²) in [4.78, 5) is 60.4. The van der Waals surface area contributed by atoms with E-state index in [1.165, 1.54) is 12.0 Å². The fourth-order valence-corrected chi connectivity index (χ4v) is 10.6. The third kappa shape index (κ3) is 3.55. The molecule has 5 aliphatic carbocycles. The molecule has 0 N–H and O–H groups in total. The fraction of sp³-hybridized carbons (Fsp3) is 0.735. The normalized spacial score (nSPS) is 44.5. The molecule has 5 rings (SSSR count). The number of methoxy groups -OCH3 is 1. The maximum absolute atomic E-state index is 14.5. The van der Waals surface area contributed by atoms with Gasteiger partial charge in [-0.1, -0.05) is 46.3 Å². The minimum atomic E-state index is -1.39. The first kappa shape index (κ1) is 29.7. The smallest absolute Gasteiger partial charge is 0.312 e. The van der Waals surface area contributed by atoms with Gasteiger partial charge in [-0.25, -0.2) is 4.85 Å². The van der Waals surface area contributed by atoms with Crippen molar-refractivity contribution in [2.45, 2.75) is 86.5 Å². The van der Waals surface area contributed by atoms with Gasteiger partial charge in [-0.05, 0) is 86.0 Å². The Balaban J connectivity index is 1.71. The number of ether oxygens (including phenoxy) is 1. The van der Waals surface area contributed by atoms with Gasteiger partial charge in [0, 0.05) is 25.4 Å². The monoisotopic (exact) mass is 562 g/mol. The number of Topliss-reactive ketones (excluding diaryl/α,β-unsaturated/α-hetero) is 1. The topological polar surface area (TPSA) is 85.1 Å². The van der Waals surface area contributed by atoms with Gasteiger partial charge in [-0.3, -0.25) is 14.4 Å². The molecule has 222 valence electrons. The lowest BCUT2D eigenvalue weighted by molar-refractivity contribution is -0.191. The van der Waals surface area contributed by atoms with E-state index in [1.807, 2.05) is 13.0 Å². The van der Waals surface area contributed by atoms with Crippen molar-refractivity contribution in [3.63, 3.8) is 0 Å². The van der Waals surface area contributed by atoms with Crippen LogP contribution >= 0.6 is 0 Å². The van der Waals surface area contributed by atoms with E-state index >= 15 is 0 Å². The summed E-state index contributed by atoms with van der Waals surface area (Å²) in [5.74, 6) is -1.69. The fourth-order valence-electron chi connectivity index (χ4n) is 10.6. The van der Waals surface area contributed by atoms with Crippen molar-refractivity contribution < 1.29 is 23.9 Å². The van der Waals surface area contributed by atoms with E-state index in [1.54, 1.807) is 27.1 Å². The highest BCUT2D eigenvalue weighted by molar-refractivity contribution is 6.15. The Hall–Kier alpha value is -2.75. The maximum Gasteiger partial charge on any atom is 0.312 e. The van der Waals surface area contributed by atoms with Crippen molar-refractivity contribution in [1.82, 2.24) is 4.90 Å². The van der Waals surface area contributed by atoms with Crippen molar-refractivity contribution in [1.29, 1.82) is 0 Å². The molecule has 1 amide bonds. The van der Waals surface area contributed by atoms with Gasteiger partial charge >= 0.3 is 5.97 Å². The Bertz CT molecular complexity index is 1350. The van der Waals surface area contributed by atoms with E-state index in [-0.39, 0.29) is 46.5 Å². The summed E-state index contributed by atoms with van der Waals surface area (Å²) < 4.78 is 5.41. The van der Waals surface area contributed by atoms with Gasteiger partial charge in [0.1, 0.15) is 5.41 Å². The number of allylic oxidation sites excluding steroid dienone is 4. The molecule has 0 heterocycles. The third-order valence-corrected chi connectivity index (χ3v) is 13.0. The predicted octanol–water partition coefficient (Wildman–Crippen LogP) is 5.80. The number of hydrogen-bond donors (Lipinski definition) is 0. The molecule has 0 saturated heterocycles. The highest BCUT2D eigenvalue weighted by Gasteiger charge is 2.72. The van der Waals surface area contributed by atoms with Gasteiger partial charge in [0.2, 0.25) is 11.6 Å². The summed E-state index contributed by atoms with van der Waals surface area (Å²) >= 11 is 0. The summed E-state index contributed by atoms with van der Waals surface area (Å²) in [6, 6.07) is 0. The van der Waals surface area contributed by atoms with Crippen LogP contribution in [0.2, 0.25) is 0 Å². The summed E-state index contributed by atoms with van der Waals surface area (Å²) in [5, 5.41) is 0. The number of rotatable bonds is 2. The molecule has 3 fully saturated rings. The van der Waals surface area contributed by atoms with Gasteiger partial charge in [-0.15, -0.1) is 0 Å². The number of hydrogen-bond acceptors (Lipinski definition) is 5. The highest BCUT2D eigenvalue weighted by Crippen LogP contribution is 2.74. The lowest BCUT2D eigenvalue weighted by atomic mass is 9.34. The van der Waals surface area contributed by atoms with E-state index in [9.17, 15) is 19.2 Å². The maximum atomic E-state index is 14.5. The Morgan fingerprint density at radius 3 is 2.22 bits per heavy atom. The first-order chi connectivity index (χ1) is 18.9. The van der Waals surface area contributed by atoms with Gasteiger partial charge in [-0.2, -0.15) is 0 Å². The van der Waals surface area contributed by atoms with E-state index in [0.29, 0.717) is 12.8 Å². The Labute approximate surface area is 244 Å². The van der Waals surface area contributed by atoms with Crippen LogP contribution in [-0.2, 0) is 23.9 Å². The van der Waals surface area contributed by atoms with E-state index in [2.05, 4.69) is 32.5 Å². The Morgan fingerprint density at radius 1 is 1.00 bits per heavy atom. The van der Waals surface area contributed by atoms with Crippen LogP contribution in [0.15, 0.2) is 23.4 Å². The standard InChI is InChI=1S/C34H46N2O5/c1-29(2)13-15-34(28(40)41-10)16-14-32(5)25(20(34)18-29)22(37)17-24-30(3)19-21(35-7)26(38)33(6,27(39)36(8)9)23(30)11-12-31(24,32)4/h17,19-20,23,25H,11-16,18H2,1-6,8-10H3/t20-,23+,25-,30-,31+,32+,33-,34-/m0/s1. The average molecular weight is 563 g/mol. The minimum absolute atomic E-state index is 0.0145. The molecule has 8 atom stereocenters. The zero-order valence-corrected chi connectivity index (χ0v) is 26.3. The van der Waals surface area contributed by atoms with Crippen LogP contribution in [-0.4, -0.2) is 49.5 Å². The minimum Gasteiger partial charge on any atom is -0.469 e. The average Bonchev–Trinajstić information content (AvgIpc) is 2.90. The summed E-state index contributed by atoms with van der Waals surface area (Å²) in [5.41, 5.74) is -2.76. The largest absolute Gasteiger partial charge is 0.469 e. The number of nitrogens with zero attached hydrogens (tertiary/aromatic N) is 2. The molecule has 41 heavy (non-hydrogen) atoms. The lowest BCUT2D eigenvalue weighted by Crippen LogP contribution is -2.66. The van der Waals surface area contributed by atoms with Crippen molar-refractivity contribution >= 4 is 23.4 Å². The molecule has 0 bridgehead atoms. The van der Waals surface area contributed by atoms with Crippen LogP contribution in [0.5, 0.6) is 0 Å². The second kappa shape index (κ2) is 8.88. The lowest BCUT2D eigenvalue weighted by Gasteiger charge is -2.68. The van der Waals surface area contributed by atoms with Crippen molar-refractivity contribution in [3.05, 3.63) is 34.8 Å². The zero-order valence-electron chi connectivity index (χ0n) is 26.3. The molecule has 7 heteroatoms. The quantitative estimate of drug-likeness (QED) is 0.241. The molecule has 5 aliphatic rings. The number of esters is 1. The van der Waals surface area contributed by atoms with Gasteiger partial charge in [0.15, 0.2) is 11.6 Å². The Morgan fingerprint density at radius 2 is 1.63 bits per heavy atom. The van der Waals surface area contributed by atoms with E-state index in [4.69, 9.17) is 11.3 Å². The summed E-state index contributed by atoms with van der Waals surface area (Å²) in [6.45, 7) is 20.6. The van der Waals surface area contributed by atoms with Crippen LogP contribution in [0.4, 0.5) is 0 Å². The molecule has 7 nitrogen and oxygen atoms in total. The van der Waals surface area contributed by atoms with Crippen LogP contribution in [0.3, 0.4) is 0 Å². The highest BCUT2D eigenvalue weighted by atomic mass is 16.5. The van der Waals surface area contributed by atoms with Gasteiger partial charge < -0.3 is 14.4 Å². The summed E-state index contributed by atoms with van der Waals surface area (Å²) in [7, 11) is 4.76. The van der Waals surface area contributed by atoms with Crippen molar-refractivity contribution in [2.75, 3.05) is 21.2 Å². The SMILES string of the molecule is [C-]#[N+]C1=C[C@]2(C)C3=CC(=O)[C@@H]4[C@@H]5CC(C)(C)CC[C@]5(C(=O)OC)CC[C@@]4(C)[C@]3(C)CC[C@H]2[C@](C)(C(=O)N(C)C)C1=O. The first-order valence-electron chi connectivity index (χ1n) is 15.1. The van der Waals surface area contributed by atoms with E-state index in [0.717, 1.165) is 37.7 Å². The Kier molecular flexibility index (Phi) is 6.44. The number of carbonyl (C=O) groups excluding carboxylic acids is 4. The molecule has 0 aromatic carbocycles. The van der Waals surface area contributed by atoms with Crippen LogP contribution in [0.25, 0.3) is 4.85 Å². The summed E-state index contributed by atoms with van der Waals surface area (Å²) in [6.07, 6.45) is 8.77. The second-order valence-electron chi connectivity index (χ2n) is 15.6. The molecule has 0 aliphatic heterocycles. The van der Waals surface area contributed by atoms with Crippen LogP contribution < -0.4 is 0 Å². The molecular formula is C34H46N2O5. The zero-order chi connectivity index (χ0) is 30.6. The second-order valence-corrected chi connectivity index (χ2v) is 15.6. The molecule has 0 radical (unpaired) electrons. The number of amides is 1. The molecule has 0 aromatic rings. The van der Waals surface area contributed by atoms with Crippen LogP contribution in [0, 0.1) is 56.8 Å². The van der Waals surface area contributed by atoms with Crippen molar-refractivity contribution in [3.8, 4) is 0 Å². The molecule has 3 saturated carbocycles. The first-order valence-corrected chi connectivity index (χ1v) is 15.1.